The molecule has 0 aliphatic carbocycles. The SMILES string of the molecule is [N-]=[N+]=Nc1cc(Cl)c(F)c(Cl)c1Br. The van der Waals surface area contributed by atoms with Gasteiger partial charge >= 0.3 is 0 Å². The predicted octanol–water partition coefficient (Wildman–Crippen LogP) is 4.84. The van der Waals surface area contributed by atoms with Crippen molar-refractivity contribution in [1.82, 2.24) is 0 Å². The quantitative estimate of drug-likeness (QED) is 0.233. The van der Waals surface area contributed by atoms with Gasteiger partial charge in [-0.1, -0.05) is 28.3 Å². The Kier molecular flexibility index (Phi) is 3.39. The number of hydrogen-bond acceptors (Lipinski definition) is 1. The Morgan fingerprint density at radius 2 is 2.15 bits per heavy atom. The van der Waals surface area contributed by atoms with E-state index in [0.29, 0.717) is 0 Å². The van der Waals surface area contributed by atoms with Crippen molar-refractivity contribution >= 4 is 44.8 Å². The van der Waals surface area contributed by atoms with Gasteiger partial charge in [-0.3, -0.25) is 0 Å². The smallest absolute Gasteiger partial charge is 0.161 e. The molecule has 0 saturated heterocycles. The van der Waals surface area contributed by atoms with Crippen LogP contribution in [0.5, 0.6) is 0 Å². The molecule has 0 saturated carbocycles. The Hall–Kier alpha value is -0.480. The molecule has 0 unspecified atom stereocenters. The van der Waals surface area contributed by atoms with Crippen molar-refractivity contribution in [3.05, 3.63) is 36.8 Å². The largest absolute Gasteiger partial charge is 0.204 e. The zero-order valence-corrected chi connectivity index (χ0v) is 9.03. The highest BCUT2D eigenvalue weighted by Crippen LogP contribution is 2.38. The molecule has 0 heterocycles. The van der Waals surface area contributed by atoms with Crippen LogP contribution in [-0.2, 0) is 0 Å². The van der Waals surface area contributed by atoms with Crippen LogP contribution in [0.2, 0.25) is 10.0 Å². The standard InChI is InChI=1S/C6HBrCl2FN3/c7-4-3(12-13-11)1-2(8)6(10)5(4)9/h1H. The van der Waals surface area contributed by atoms with Crippen LogP contribution in [0.1, 0.15) is 0 Å². The fourth-order valence-corrected chi connectivity index (χ4v) is 1.49. The maximum Gasteiger partial charge on any atom is 0.161 e. The molecule has 1 aromatic rings. The van der Waals surface area contributed by atoms with Crippen molar-refractivity contribution < 1.29 is 4.39 Å². The summed E-state index contributed by atoms with van der Waals surface area (Å²) in [6.45, 7) is 0. The van der Waals surface area contributed by atoms with Crippen molar-refractivity contribution in [2.24, 2.45) is 5.11 Å². The second-order valence-electron chi connectivity index (χ2n) is 2.01. The molecule has 1 aromatic carbocycles. The van der Waals surface area contributed by atoms with Gasteiger partial charge in [0.2, 0.25) is 0 Å². The number of nitrogens with zero attached hydrogens (tertiary/aromatic N) is 3. The lowest BCUT2D eigenvalue weighted by Crippen LogP contribution is -1.81. The van der Waals surface area contributed by atoms with Gasteiger partial charge in [0.15, 0.2) is 5.82 Å². The highest BCUT2D eigenvalue weighted by Gasteiger charge is 2.12. The molecule has 0 bridgehead atoms. The second-order valence-corrected chi connectivity index (χ2v) is 3.59. The van der Waals surface area contributed by atoms with Crippen molar-refractivity contribution in [1.29, 1.82) is 0 Å². The fourth-order valence-electron chi connectivity index (χ4n) is 0.681. The molecular weight excluding hydrogens is 284 g/mol. The maximum absolute atomic E-state index is 13.0. The van der Waals surface area contributed by atoms with Gasteiger partial charge in [0.1, 0.15) is 0 Å². The summed E-state index contributed by atoms with van der Waals surface area (Å²) in [6, 6.07) is 1.19. The first-order valence-corrected chi connectivity index (χ1v) is 4.51. The van der Waals surface area contributed by atoms with E-state index in [1.807, 2.05) is 0 Å². The lowest BCUT2D eigenvalue weighted by atomic mass is 10.3. The summed E-state index contributed by atoms with van der Waals surface area (Å²) < 4.78 is 13.2. The number of hydrogen-bond donors (Lipinski definition) is 0. The van der Waals surface area contributed by atoms with Crippen LogP contribution >= 0.6 is 39.1 Å². The lowest BCUT2D eigenvalue weighted by Gasteiger charge is -2.02. The minimum absolute atomic E-state index is 0.152. The lowest BCUT2D eigenvalue weighted by molar-refractivity contribution is 0.628. The molecule has 0 spiro atoms. The van der Waals surface area contributed by atoms with E-state index < -0.39 is 5.82 Å². The zero-order valence-electron chi connectivity index (χ0n) is 5.93. The fraction of sp³-hybridized carbons (Fsp3) is 0. The number of benzene rings is 1. The summed E-state index contributed by atoms with van der Waals surface area (Å²) in [4.78, 5) is 2.53. The van der Waals surface area contributed by atoms with Crippen LogP contribution < -0.4 is 0 Å². The minimum atomic E-state index is -0.743. The summed E-state index contributed by atoms with van der Waals surface area (Å²) in [5, 5.41) is 2.88. The number of rotatable bonds is 1. The Balaban J connectivity index is 3.49. The Morgan fingerprint density at radius 3 is 2.69 bits per heavy atom. The summed E-state index contributed by atoms with van der Waals surface area (Å²) >= 11 is 14.0. The highest BCUT2D eigenvalue weighted by atomic mass is 79.9. The molecule has 13 heavy (non-hydrogen) atoms. The maximum atomic E-state index is 13.0. The van der Waals surface area contributed by atoms with Crippen molar-refractivity contribution in [2.45, 2.75) is 0 Å². The minimum Gasteiger partial charge on any atom is -0.204 e. The van der Waals surface area contributed by atoms with Crippen LogP contribution in [0.3, 0.4) is 0 Å². The molecule has 0 aliphatic rings. The average Bonchev–Trinajstić information content (AvgIpc) is 2.11. The Labute approximate surface area is 91.2 Å². The van der Waals surface area contributed by atoms with Gasteiger partial charge in [-0.25, -0.2) is 4.39 Å². The number of halogens is 4. The summed E-state index contributed by atoms with van der Waals surface area (Å²) in [5.41, 5.74) is 8.30. The summed E-state index contributed by atoms with van der Waals surface area (Å²) in [7, 11) is 0. The Morgan fingerprint density at radius 1 is 1.54 bits per heavy atom. The van der Waals surface area contributed by atoms with Gasteiger partial charge in [-0.15, -0.1) is 0 Å². The van der Waals surface area contributed by atoms with E-state index in [9.17, 15) is 4.39 Å². The molecule has 1 rings (SSSR count). The normalized spacial score (nSPS) is 9.54. The molecule has 68 valence electrons. The van der Waals surface area contributed by atoms with Crippen molar-refractivity contribution in [2.75, 3.05) is 0 Å². The van der Waals surface area contributed by atoms with Crippen LogP contribution in [0.15, 0.2) is 15.7 Å². The van der Waals surface area contributed by atoms with Crippen molar-refractivity contribution in [3.8, 4) is 0 Å². The van der Waals surface area contributed by atoms with Crippen LogP contribution in [0, 0.1) is 5.82 Å². The second kappa shape index (κ2) is 4.15. The van der Waals surface area contributed by atoms with Gasteiger partial charge in [0, 0.05) is 9.38 Å². The Bertz CT molecular complexity index is 403. The molecule has 0 aromatic heterocycles. The molecule has 0 fully saturated rings. The zero-order chi connectivity index (χ0) is 10.0. The number of azide groups is 1. The van der Waals surface area contributed by atoms with Crippen LogP contribution in [-0.4, -0.2) is 0 Å². The third-order valence-corrected chi connectivity index (χ3v) is 2.90. The first kappa shape index (κ1) is 10.6. The van der Waals surface area contributed by atoms with Gasteiger partial charge in [0.25, 0.3) is 0 Å². The molecule has 0 atom stereocenters. The predicted molar refractivity (Wildman–Crippen MR) is 52.9 cm³/mol. The first-order chi connectivity index (χ1) is 6.07. The molecule has 0 N–H and O–H groups in total. The summed E-state index contributed by atoms with van der Waals surface area (Å²) in [6.07, 6.45) is 0. The van der Waals surface area contributed by atoms with E-state index >= 15 is 0 Å². The molecule has 0 amide bonds. The molecule has 3 nitrogen and oxygen atoms in total. The topological polar surface area (TPSA) is 48.8 Å². The van der Waals surface area contributed by atoms with E-state index in [4.69, 9.17) is 28.7 Å². The summed E-state index contributed by atoms with van der Waals surface area (Å²) in [5.74, 6) is -0.743. The molecule has 7 heteroatoms. The van der Waals surface area contributed by atoms with E-state index in [-0.39, 0.29) is 20.2 Å². The highest BCUT2D eigenvalue weighted by molar-refractivity contribution is 9.10. The van der Waals surface area contributed by atoms with E-state index in [1.54, 1.807) is 0 Å². The average molecular weight is 285 g/mol. The van der Waals surface area contributed by atoms with Gasteiger partial charge in [-0.2, -0.15) is 0 Å². The van der Waals surface area contributed by atoms with E-state index in [1.165, 1.54) is 6.07 Å². The van der Waals surface area contributed by atoms with E-state index in [0.717, 1.165) is 0 Å². The molecule has 0 aliphatic heterocycles. The van der Waals surface area contributed by atoms with Crippen LogP contribution in [0.4, 0.5) is 10.1 Å². The third-order valence-electron chi connectivity index (χ3n) is 1.24. The van der Waals surface area contributed by atoms with Gasteiger partial charge in [-0.05, 0) is 27.5 Å². The monoisotopic (exact) mass is 283 g/mol. The van der Waals surface area contributed by atoms with Crippen LogP contribution in [0.25, 0.3) is 10.4 Å². The van der Waals surface area contributed by atoms with Gasteiger partial charge < -0.3 is 0 Å². The first-order valence-electron chi connectivity index (χ1n) is 2.96. The van der Waals surface area contributed by atoms with E-state index in [2.05, 4.69) is 26.0 Å². The van der Waals surface area contributed by atoms with Crippen molar-refractivity contribution in [3.63, 3.8) is 0 Å². The molecule has 0 radical (unpaired) electrons. The third kappa shape index (κ3) is 2.06. The molecular formula is C6HBrCl2FN3. The van der Waals surface area contributed by atoms with Gasteiger partial charge in [0.05, 0.1) is 15.7 Å².